The first-order chi connectivity index (χ1) is 21.0. The first-order valence-corrected chi connectivity index (χ1v) is 14.7. The molecule has 2 aliphatic heterocycles. The maximum atomic E-state index is 13.5. The highest BCUT2D eigenvalue weighted by molar-refractivity contribution is 5.83. The Kier molecular flexibility index (Phi) is 8.21. The molecule has 3 aromatic heterocycles. The predicted molar refractivity (Wildman–Crippen MR) is 159 cm³/mol. The standard InChI is InChI=1S/C32H35F3N6O3/c1-20-17-41(19-24-15-25(16-37-30(20)24)43-27-6-7-36-31-26(27)12-21(2)38-31)29(42)14-22-4-5-23(28(13-22)44-32(33,34)35)18-40-10-8-39(3)9-11-40/h4-7,12-13,15-16,20H,8-11,14,17-19H2,1-3H3,(H,36,38)/t20-/m1/s1. The third kappa shape index (κ3) is 6.81. The maximum Gasteiger partial charge on any atom is 0.573 e. The Morgan fingerprint density at radius 1 is 1.07 bits per heavy atom. The Hall–Kier alpha value is -4.16. The number of benzene rings is 1. The topological polar surface area (TPSA) is 86.8 Å². The quantitative estimate of drug-likeness (QED) is 0.301. The normalized spacial score (nSPS) is 18.0. The van der Waals surface area contributed by atoms with E-state index < -0.39 is 6.36 Å². The van der Waals surface area contributed by atoms with E-state index >= 15 is 0 Å². The minimum Gasteiger partial charge on any atom is -0.455 e. The van der Waals surface area contributed by atoms with Gasteiger partial charge in [0.25, 0.3) is 0 Å². The second-order valence-electron chi connectivity index (χ2n) is 11.8. The first kappa shape index (κ1) is 29.9. The number of halogens is 3. The van der Waals surface area contributed by atoms with Crippen LogP contribution in [0.2, 0.25) is 0 Å². The molecule has 0 spiro atoms. The zero-order chi connectivity index (χ0) is 31.0. The number of nitrogens with zero attached hydrogens (tertiary/aromatic N) is 5. The molecular weight excluding hydrogens is 573 g/mol. The molecule has 5 heterocycles. The smallest absolute Gasteiger partial charge is 0.455 e. The number of piperazine rings is 1. The third-order valence-corrected chi connectivity index (χ3v) is 8.21. The maximum absolute atomic E-state index is 13.5. The van der Waals surface area contributed by atoms with E-state index in [0.717, 1.165) is 54.2 Å². The number of ether oxygens (including phenoxy) is 2. The largest absolute Gasteiger partial charge is 0.573 e. The summed E-state index contributed by atoms with van der Waals surface area (Å²) < 4.78 is 50.6. The summed E-state index contributed by atoms with van der Waals surface area (Å²) in [7, 11) is 2.02. The van der Waals surface area contributed by atoms with Crippen molar-refractivity contribution in [3.63, 3.8) is 0 Å². The highest BCUT2D eigenvalue weighted by Crippen LogP contribution is 2.34. The summed E-state index contributed by atoms with van der Waals surface area (Å²) in [5, 5.41) is 0.858. The number of pyridine rings is 2. The number of H-pyrrole nitrogens is 1. The average molecular weight is 609 g/mol. The molecule has 9 nitrogen and oxygen atoms in total. The summed E-state index contributed by atoms with van der Waals surface area (Å²) in [4.78, 5) is 31.7. The van der Waals surface area contributed by atoms with E-state index in [1.165, 1.54) is 6.07 Å². The molecule has 1 atom stereocenters. The fraction of sp³-hybridized carbons (Fsp3) is 0.406. The van der Waals surface area contributed by atoms with E-state index in [1.54, 1.807) is 35.5 Å². The van der Waals surface area contributed by atoms with Crippen molar-refractivity contribution in [2.24, 2.45) is 0 Å². The molecule has 1 fully saturated rings. The lowest BCUT2D eigenvalue weighted by Gasteiger charge is -2.33. The summed E-state index contributed by atoms with van der Waals surface area (Å²) >= 11 is 0. The summed E-state index contributed by atoms with van der Waals surface area (Å²) in [6, 6.07) is 10.4. The highest BCUT2D eigenvalue weighted by atomic mass is 19.4. The molecular formula is C32H35F3N6O3. The van der Waals surface area contributed by atoms with Gasteiger partial charge >= 0.3 is 6.36 Å². The second kappa shape index (κ2) is 12.1. The van der Waals surface area contributed by atoms with Crippen molar-refractivity contribution in [3.8, 4) is 17.2 Å². The van der Waals surface area contributed by atoms with Gasteiger partial charge in [-0.1, -0.05) is 19.1 Å². The van der Waals surface area contributed by atoms with E-state index in [2.05, 4.69) is 29.5 Å². The zero-order valence-corrected chi connectivity index (χ0v) is 24.9. The van der Waals surface area contributed by atoms with Gasteiger partial charge in [0.05, 0.1) is 23.7 Å². The Balaban J connectivity index is 1.17. The summed E-state index contributed by atoms with van der Waals surface area (Å²) in [6.07, 6.45) is -1.52. The van der Waals surface area contributed by atoms with Crippen molar-refractivity contribution in [1.82, 2.24) is 29.7 Å². The van der Waals surface area contributed by atoms with Gasteiger partial charge in [-0.05, 0) is 49.4 Å². The number of aryl methyl sites for hydroxylation is 1. The molecule has 1 N–H and O–H groups in total. The van der Waals surface area contributed by atoms with Crippen LogP contribution in [0.4, 0.5) is 13.2 Å². The second-order valence-corrected chi connectivity index (χ2v) is 11.8. The lowest BCUT2D eigenvalue weighted by atomic mass is 9.95. The minimum atomic E-state index is -4.83. The number of nitrogens with one attached hydrogen (secondary N) is 1. The summed E-state index contributed by atoms with van der Waals surface area (Å²) in [5.74, 6) is 0.726. The number of aromatic nitrogens is 3. The van der Waals surface area contributed by atoms with Gasteiger partial charge in [0.1, 0.15) is 22.9 Å². The van der Waals surface area contributed by atoms with Crippen LogP contribution in [0.1, 0.15) is 40.9 Å². The van der Waals surface area contributed by atoms with Gasteiger partial charge in [-0.3, -0.25) is 14.7 Å². The van der Waals surface area contributed by atoms with Crippen molar-refractivity contribution in [3.05, 3.63) is 76.9 Å². The lowest BCUT2D eigenvalue weighted by Crippen LogP contribution is -2.44. The van der Waals surface area contributed by atoms with E-state index in [-0.39, 0.29) is 24.0 Å². The molecule has 6 rings (SSSR count). The van der Waals surface area contributed by atoms with E-state index in [1.807, 2.05) is 33.0 Å². The molecule has 232 valence electrons. The Labute approximate surface area is 253 Å². The van der Waals surface area contributed by atoms with Crippen molar-refractivity contribution >= 4 is 16.9 Å². The van der Waals surface area contributed by atoms with Crippen molar-refractivity contribution in [2.75, 3.05) is 39.8 Å². The van der Waals surface area contributed by atoms with Gasteiger partial charge in [0.2, 0.25) is 5.91 Å². The van der Waals surface area contributed by atoms with Crippen LogP contribution in [-0.2, 0) is 24.3 Å². The van der Waals surface area contributed by atoms with Crippen LogP contribution in [0.5, 0.6) is 17.2 Å². The number of hydrogen-bond acceptors (Lipinski definition) is 7. The Bertz CT molecular complexity index is 1660. The van der Waals surface area contributed by atoms with Gasteiger partial charge < -0.3 is 24.3 Å². The molecule has 0 radical (unpaired) electrons. The molecule has 0 unspecified atom stereocenters. The number of rotatable bonds is 7. The molecule has 1 amide bonds. The third-order valence-electron chi connectivity index (χ3n) is 8.21. The van der Waals surface area contributed by atoms with Crippen molar-refractivity contribution in [2.45, 2.75) is 45.6 Å². The molecule has 1 aromatic carbocycles. The number of carbonyl (C=O) groups is 1. The molecule has 0 saturated carbocycles. The fourth-order valence-electron chi connectivity index (χ4n) is 5.94. The number of fused-ring (bicyclic) bond motifs is 2. The van der Waals surface area contributed by atoms with Crippen LogP contribution in [-0.4, -0.2) is 81.7 Å². The molecule has 0 bridgehead atoms. The Morgan fingerprint density at radius 3 is 2.64 bits per heavy atom. The van der Waals surface area contributed by atoms with Crippen LogP contribution in [0.15, 0.2) is 48.8 Å². The summed E-state index contributed by atoms with van der Waals surface area (Å²) in [6.45, 7) is 8.31. The van der Waals surface area contributed by atoms with Crippen LogP contribution < -0.4 is 9.47 Å². The van der Waals surface area contributed by atoms with Gasteiger partial charge in [0, 0.05) is 69.2 Å². The first-order valence-electron chi connectivity index (χ1n) is 14.7. The van der Waals surface area contributed by atoms with E-state index in [0.29, 0.717) is 42.3 Å². The molecule has 0 aliphatic carbocycles. The van der Waals surface area contributed by atoms with Crippen molar-refractivity contribution in [1.29, 1.82) is 0 Å². The van der Waals surface area contributed by atoms with Crippen LogP contribution in [0.25, 0.3) is 11.0 Å². The van der Waals surface area contributed by atoms with Gasteiger partial charge in [0.15, 0.2) is 0 Å². The monoisotopic (exact) mass is 608 g/mol. The summed E-state index contributed by atoms with van der Waals surface area (Å²) in [5.41, 5.74) is 4.38. The SMILES string of the molecule is Cc1cc2c(Oc3cnc4c(c3)CN(C(=O)Cc3ccc(CN5CCN(C)CC5)c(OC(F)(F)F)c3)C[C@H]4C)ccnc2[nH]1. The fourth-order valence-corrected chi connectivity index (χ4v) is 5.94. The molecule has 2 aliphatic rings. The van der Waals surface area contributed by atoms with Crippen LogP contribution in [0.3, 0.4) is 0 Å². The number of alkyl halides is 3. The van der Waals surface area contributed by atoms with Crippen LogP contribution in [0, 0.1) is 6.92 Å². The lowest BCUT2D eigenvalue weighted by molar-refractivity contribution is -0.275. The minimum absolute atomic E-state index is 0.0215. The van der Waals surface area contributed by atoms with Crippen LogP contribution >= 0.6 is 0 Å². The molecule has 4 aromatic rings. The van der Waals surface area contributed by atoms with E-state index in [9.17, 15) is 18.0 Å². The predicted octanol–water partition coefficient (Wildman–Crippen LogP) is 5.39. The van der Waals surface area contributed by atoms with Gasteiger partial charge in [-0.2, -0.15) is 0 Å². The highest BCUT2D eigenvalue weighted by Gasteiger charge is 2.33. The van der Waals surface area contributed by atoms with E-state index in [4.69, 9.17) is 4.74 Å². The van der Waals surface area contributed by atoms with Crippen molar-refractivity contribution < 1.29 is 27.4 Å². The number of likely N-dealkylation sites (N-methyl/N-ethyl adjacent to an activating group) is 1. The average Bonchev–Trinajstić information content (AvgIpc) is 3.36. The number of aromatic amines is 1. The number of hydrogen-bond donors (Lipinski definition) is 1. The molecule has 44 heavy (non-hydrogen) atoms. The Morgan fingerprint density at radius 2 is 1.86 bits per heavy atom. The number of carbonyl (C=O) groups excluding carboxylic acids is 1. The molecule has 1 saturated heterocycles. The zero-order valence-electron chi connectivity index (χ0n) is 24.9. The molecule has 12 heteroatoms. The van der Waals surface area contributed by atoms with Gasteiger partial charge in [-0.25, -0.2) is 4.98 Å². The number of amides is 1. The van der Waals surface area contributed by atoms with Gasteiger partial charge in [-0.15, -0.1) is 13.2 Å².